The Kier molecular flexibility index (Phi) is 2.67. The first-order valence-electron chi connectivity index (χ1n) is 6.38. The molecule has 1 spiro atoms. The predicted octanol–water partition coefficient (Wildman–Crippen LogP) is 1.81. The van der Waals surface area contributed by atoms with E-state index in [1.165, 1.54) is 12.8 Å². The van der Waals surface area contributed by atoms with Crippen LogP contribution in [-0.4, -0.2) is 30.3 Å². The summed E-state index contributed by atoms with van der Waals surface area (Å²) in [5, 5.41) is 0. The minimum Gasteiger partial charge on any atom is -0.396 e. The van der Waals surface area contributed by atoms with Gasteiger partial charge in [0.25, 0.3) is 0 Å². The lowest BCUT2D eigenvalue weighted by Crippen LogP contribution is -2.44. The Morgan fingerprint density at radius 2 is 2.12 bits per heavy atom. The lowest BCUT2D eigenvalue weighted by Gasteiger charge is -2.40. The first-order chi connectivity index (χ1) is 8.29. The standard InChI is InChI=1S/C13H19N3O/c14-11-10-15-6-2-12(11)16-7-4-13(5-8-16)3-1-9-17-13/h2,6,10H,1,3-5,7-9,14H2. The SMILES string of the molecule is Nc1cnccc1N1CCC2(CCCO2)CC1. The summed E-state index contributed by atoms with van der Waals surface area (Å²) in [6, 6.07) is 2.00. The number of anilines is 2. The van der Waals surface area contributed by atoms with Gasteiger partial charge in [-0.1, -0.05) is 0 Å². The molecule has 0 atom stereocenters. The summed E-state index contributed by atoms with van der Waals surface area (Å²) in [6.07, 6.45) is 8.22. The average Bonchev–Trinajstić information content (AvgIpc) is 2.80. The van der Waals surface area contributed by atoms with Gasteiger partial charge in [-0.15, -0.1) is 0 Å². The second kappa shape index (κ2) is 4.18. The fourth-order valence-electron chi connectivity index (χ4n) is 2.99. The molecule has 4 heteroatoms. The number of hydrogen-bond acceptors (Lipinski definition) is 4. The maximum Gasteiger partial charge on any atom is 0.0738 e. The number of nitrogen functional groups attached to an aromatic ring is 1. The molecule has 0 amide bonds. The Bertz CT molecular complexity index is 391. The number of nitrogens with zero attached hydrogens (tertiary/aromatic N) is 2. The quantitative estimate of drug-likeness (QED) is 0.803. The number of hydrogen-bond donors (Lipinski definition) is 1. The van der Waals surface area contributed by atoms with Crippen LogP contribution in [0, 0.1) is 0 Å². The van der Waals surface area contributed by atoms with Gasteiger partial charge in [-0.05, 0) is 31.7 Å². The molecule has 2 fully saturated rings. The fraction of sp³-hybridized carbons (Fsp3) is 0.615. The van der Waals surface area contributed by atoms with E-state index in [4.69, 9.17) is 10.5 Å². The molecule has 2 aliphatic heterocycles. The Balaban J connectivity index is 1.71. The average molecular weight is 233 g/mol. The minimum absolute atomic E-state index is 0.179. The summed E-state index contributed by atoms with van der Waals surface area (Å²) in [4.78, 5) is 6.39. The number of nitrogens with two attached hydrogens (primary N) is 1. The Hall–Kier alpha value is -1.29. The maximum absolute atomic E-state index is 5.96. The highest BCUT2D eigenvalue weighted by molar-refractivity contribution is 5.66. The van der Waals surface area contributed by atoms with Gasteiger partial charge in [-0.2, -0.15) is 0 Å². The molecule has 0 radical (unpaired) electrons. The van der Waals surface area contributed by atoms with Crippen molar-refractivity contribution in [2.75, 3.05) is 30.3 Å². The molecule has 92 valence electrons. The summed E-state index contributed by atoms with van der Waals surface area (Å²) in [5.74, 6) is 0. The van der Waals surface area contributed by atoms with Crippen LogP contribution in [0.3, 0.4) is 0 Å². The van der Waals surface area contributed by atoms with Crippen molar-refractivity contribution in [3.63, 3.8) is 0 Å². The molecule has 2 aliphatic rings. The molecule has 0 unspecified atom stereocenters. The van der Waals surface area contributed by atoms with Crippen LogP contribution in [0.4, 0.5) is 11.4 Å². The van der Waals surface area contributed by atoms with Crippen LogP contribution in [0.25, 0.3) is 0 Å². The van der Waals surface area contributed by atoms with E-state index in [1.807, 2.05) is 12.3 Å². The van der Waals surface area contributed by atoms with Crippen molar-refractivity contribution in [1.29, 1.82) is 0 Å². The molecule has 2 saturated heterocycles. The lowest BCUT2D eigenvalue weighted by atomic mass is 9.88. The van der Waals surface area contributed by atoms with Crippen molar-refractivity contribution in [2.45, 2.75) is 31.3 Å². The summed E-state index contributed by atoms with van der Waals surface area (Å²) in [5.41, 5.74) is 8.03. The predicted molar refractivity (Wildman–Crippen MR) is 68.0 cm³/mol. The van der Waals surface area contributed by atoms with E-state index in [-0.39, 0.29) is 5.60 Å². The van der Waals surface area contributed by atoms with Crippen LogP contribution in [0.15, 0.2) is 18.5 Å². The molecule has 0 bridgehead atoms. The molecular formula is C13H19N3O. The molecule has 17 heavy (non-hydrogen) atoms. The van der Waals surface area contributed by atoms with E-state index in [1.54, 1.807) is 6.20 Å². The number of ether oxygens (including phenoxy) is 1. The van der Waals surface area contributed by atoms with Gasteiger partial charge in [0, 0.05) is 25.9 Å². The maximum atomic E-state index is 5.96. The first kappa shape index (κ1) is 10.8. The Morgan fingerprint density at radius 1 is 1.29 bits per heavy atom. The molecular weight excluding hydrogens is 214 g/mol. The highest BCUT2D eigenvalue weighted by atomic mass is 16.5. The van der Waals surface area contributed by atoms with Crippen LogP contribution in [0.2, 0.25) is 0 Å². The van der Waals surface area contributed by atoms with Crippen LogP contribution < -0.4 is 10.6 Å². The first-order valence-corrected chi connectivity index (χ1v) is 6.38. The molecule has 2 N–H and O–H groups in total. The van der Waals surface area contributed by atoms with Crippen molar-refractivity contribution in [3.05, 3.63) is 18.5 Å². The van der Waals surface area contributed by atoms with E-state index in [2.05, 4.69) is 9.88 Å². The number of aromatic nitrogens is 1. The fourth-order valence-corrected chi connectivity index (χ4v) is 2.99. The largest absolute Gasteiger partial charge is 0.396 e. The third kappa shape index (κ3) is 1.97. The molecule has 0 saturated carbocycles. The zero-order valence-corrected chi connectivity index (χ0v) is 10.1. The highest BCUT2D eigenvalue weighted by Gasteiger charge is 2.38. The van der Waals surface area contributed by atoms with E-state index in [9.17, 15) is 0 Å². The zero-order chi connectivity index (χ0) is 11.7. The lowest BCUT2D eigenvalue weighted by molar-refractivity contribution is -0.0146. The van der Waals surface area contributed by atoms with E-state index in [0.717, 1.165) is 43.9 Å². The van der Waals surface area contributed by atoms with Gasteiger partial charge in [0.05, 0.1) is 23.2 Å². The molecule has 1 aromatic rings. The Labute approximate surface area is 102 Å². The molecule has 0 aromatic carbocycles. The minimum atomic E-state index is 0.179. The van der Waals surface area contributed by atoms with Gasteiger partial charge in [-0.25, -0.2) is 0 Å². The van der Waals surface area contributed by atoms with Gasteiger partial charge in [0.1, 0.15) is 0 Å². The van der Waals surface area contributed by atoms with Crippen molar-refractivity contribution >= 4 is 11.4 Å². The van der Waals surface area contributed by atoms with Gasteiger partial charge < -0.3 is 15.4 Å². The molecule has 0 aliphatic carbocycles. The third-order valence-electron chi connectivity index (χ3n) is 4.03. The summed E-state index contributed by atoms with van der Waals surface area (Å²) >= 11 is 0. The summed E-state index contributed by atoms with van der Waals surface area (Å²) < 4.78 is 5.93. The topological polar surface area (TPSA) is 51.4 Å². The number of piperidine rings is 1. The third-order valence-corrected chi connectivity index (χ3v) is 4.03. The monoisotopic (exact) mass is 233 g/mol. The van der Waals surface area contributed by atoms with E-state index >= 15 is 0 Å². The molecule has 3 heterocycles. The van der Waals surface area contributed by atoms with Crippen LogP contribution in [0.1, 0.15) is 25.7 Å². The Morgan fingerprint density at radius 3 is 2.76 bits per heavy atom. The van der Waals surface area contributed by atoms with Crippen molar-refractivity contribution in [1.82, 2.24) is 4.98 Å². The van der Waals surface area contributed by atoms with E-state index in [0.29, 0.717) is 0 Å². The zero-order valence-electron chi connectivity index (χ0n) is 10.1. The normalized spacial score (nSPS) is 23.2. The molecule has 4 nitrogen and oxygen atoms in total. The van der Waals surface area contributed by atoms with Crippen LogP contribution in [0.5, 0.6) is 0 Å². The second-order valence-electron chi connectivity index (χ2n) is 5.06. The second-order valence-corrected chi connectivity index (χ2v) is 5.06. The number of rotatable bonds is 1. The van der Waals surface area contributed by atoms with Gasteiger partial charge in [0.15, 0.2) is 0 Å². The van der Waals surface area contributed by atoms with Crippen molar-refractivity contribution < 1.29 is 4.74 Å². The van der Waals surface area contributed by atoms with E-state index < -0.39 is 0 Å². The number of pyridine rings is 1. The van der Waals surface area contributed by atoms with Gasteiger partial charge in [-0.3, -0.25) is 4.98 Å². The van der Waals surface area contributed by atoms with Crippen molar-refractivity contribution in [2.24, 2.45) is 0 Å². The summed E-state index contributed by atoms with van der Waals surface area (Å²) in [6.45, 7) is 3.01. The van der Waals surface area contributed by atoms with Gasteiger partial charge >= 0.3 is 0 Å². The smallest absolute Gasteiger partial charge is 0.0738 e. The van der Waals surface area contributed by atoms with Crippen LogP contribution >= 0.6 is 0 Å². The summed E-state index contributed by atoms with van der Waals surface area (Å²) in [7, 11) is 0. The highest BCUT2D eigenvalue weighted by Crippen LogP contribution is 2.37. The van der Waals surface area contributed by atoms with Crippen molar-refractivity contribution in [3.8, 4) is 0 Å². The molecule has 1 aromatic heterocycles. The van der Waals surface area contributed by atoms with Crippen LogP contribution in [-0.2, 0) is 4.74 Å². The van der Waals surface area contributed by atoms with Gasteiger partial charge in [0.2, 0.25) is 0 Å². The molecule has 3 rings (SSSR count).